The molecule has 0 amide bonds. The maximum Gasteiger partial charge on any atom is 0.126 e. The molecule has 0 fully saturated rings. The summed E-state index contributed by atoms with van der Waals surface area (Å²) in [6, 6.07) is 3.81. The van der Waals surface area contributed by atoms with Crippen molar-refractivity contribution >= 4 is 12.4 Å². The molecule has 0 aliphatic rings. The molecule has 0 aromatic heterocycles. The van der Waals surface area contributed by atoms with Gasteiger partial charge < -0.3 is 5.73 Å². The Labute approximate surface area is 82.4 Å². The first-order valence-corrected chi connectivity index (χ1v) is 3.72. The number of rotatable bonds is 2. The van der Waals surface area contributed by atoms with Gasteiger partial charge in [0.15, 0.2) is 0 Å². The first kappa shape index (κ1) is 12.3. The quantitative estimate of drug-likeness (QED) is 0.793. The Bertz CT molecular complexity index is 278. The van der Waals surface area contributed by atoms with Crippen molar-refractivity contribution in [2.45, 2.75) is 13.0 Å². The van der Waals surface area contributed by atoms with E-state index in [1.54, 1.807) is 19.1 Å². The van der Waals surface area contributed by atoms with Gasteiger partial charge in [-0.3, -0.25) is 0 Å². The predicted molar refractivity (Wildman–Crippen MR) is 51.3 cm³/mol. The Kier molecular flexibility index (Phi) is 4.88. The minimum Gasteiger partial charge on any atom is -0.322 e. The third kappa shape index (κ3) is 2.94. The maximum absolute atomic E-state index is 12.9. The van der Waals surface area contributed by atoms with Crippen molar-refractivity contribution in [2.24, 2.45) is 5.73 Å². The van der Waals surface area contributed by atoms with Crippen LogP contribution in [-0.4, -0.2) is 6.67 Å². The zero-order valence-corrected chi connectivity index (χ0v) is 8.07. The second-order valence-electron chi connectivity index (χ2n) is 2.77. The first-order chi connectivity index (χ1) is 5.65. The van der Waals surface area contributed by atoms with Crippen LogP contribution in [0.5, 0.6) is 0 Å². The second kappa shape index (κ2) is 5.14. The number of benzene rings is 1. The van der Waals surface area contributed by atoms with Crippen molar-refractivity contribution in [3.8, 4) is 0 Å². The van der Waals surface area contributed by atoms with Gasteiger partial charge in [0.25, 0.3) is 0 Å². The van der Waals surface area contributed by atoms with Gasteiger partial charge in [-0.2, -0.15) is 0 Å². The van der Waals surface area contributed by atoms with E-state index in [0.29, 0.717) is 11.1 Å². The molecule has 0 saturated carbocycles. The number of nitrogens with two attached hydrogens (primary N) is 1. The van der Waals surface area contributed by atoms with Gasteiger partial charge >= 0.3 is 0 Å². The van der Waals surface area contributed by atoms with E-state index in [4.69, 9.17) is 5.73 Å². The van der Waals surface area contributed by atoms with Crippen molar-refractivity contribution in [3.05, 3.63) is 35.1 Å². The molecule has 13 heavy (non-hydrogen) atoms. The van der Waals surface area contributed by atoms with E-state index < -0.39 is 12.7 Å². The lowest BCUT2D eigenvalue weighted by molar-refractivity contribution is 0.436. The smallest absolute Gasteiger partial charge is 0.126 e. The number of alkyl halides is 1. The number of aryl methyl sites for hydroxylation is 1. The summed E-state index contributed by atoms with van der Waals surface area (Å²) in [5.74, 6) is -0.337. The summed E-state index contributed by atoms with van der Waals surface area (Å²) >= 11 is 0. The lowest BCUT2D eigenvalue weighted by Gasteiger charge is -2.07. The molecule has 0 aliphatic heterocycles. The molecule has 1 atom stereocenters. The monoisotopic (exact) mass is 207 g/mol. The molecule has 2 N–H and O–H groups in total. The van der Waals surface area contributed by atoms with Gasteiger partial charge in [0.2, 0.25) is 0 Å². The molecule has 0 aliphatic carbocycles. The van der Waals surface area contributed by atoms with Gasteiger partial charge in [-0.25, -0.2) is 8.78 Å². The van der Waals surface area contributed by atoms with Gasteiger partial charge in [-0.1, -0.05) is 12.1 Å². The fraction of sp³-hybridized carbons (Fsp3) is 0.333. The molecule has 0 saturated heterocycles. The maximum atomic E-state index is 12.9. The van der Waals surface area contributed by atoms with Gasteiger partial charge in [-0.05, 0) is 24.1 Å². The highest BCUT2D eigenvalue weighted by Crippen LogP contribution is 2.14. The average Bonchev–Trinajstić information content (AvgIpc) is 2.08. The van der Waals surface area contributed by atoms with Crippen LogP contribution in [0.15, 0.2) is 18.2 Å². The second-order valence-corrected chi connectivity index (χ2v) is 2.77. The van der Waals surface area contributed by atoms with Crippen LogP contribution in [0, 0.1) is 12.7 Å². The average molecular weight is 208 g/mol. The van der Waals surface area contributed by atoms with Crippen LogP contribution in [0.3, 0.4) is 0 Å². The largest absolute Gasteiger partial charge is 0.322 e. The van der Waals surface area contributed by atoms with Crippen molar-refractivity contribution in [2.75, 3.05) is 6.67 Å². The highest BCUT2D eigenvalue weighted by molar-refractivity contribution is 5.85. The van der Waals surface area contributed by atoms with E-state index in [9.17, 15) is 8.78 Å². The molecule has 1 aromatic rings. The lowest BCUT2D eigenvalue weighted by Crippen LogP contribution is -2.12. The van der Waals surface area contributed by atoms with Crippen molar-refractivity contribution in [3.63, 3.8) is 0 Å². The summed E-state index contributed by atoms with van der Waals surface area (Å²) in [5, 5.41) is 0. The van der Waals surface area contributed by atoms with E-state index >= 15 is 0 Å². The molecule has 4 heteroatoms. The summed E-state index contributed by atoms with van der Waals surface area (Å²) in [6.45, 7) is 0.989. The van der Waals surface area contributed by atoms with E-state index in [2.05, 4.69) is 0 Å². The topological polar surface area (TPSA) is 26.0 Å². The molecule has 1 aromatic carbocycles. The highest BCUT2D eigenvalue weighted by Gasteiger charge is 2.06. The lowest BCUT2D eigenvalue weighted by atomic mass is 10.1. The third-order valence-electron chi connectivity index (χ3n) is 1.79. The minimum atomic E-state index is -0.708. The van der Waals surface area contributed by atoms with Crippen LogP contribution in [0.25, 0.3) is 0 Å². The fourth-order valence-electron chi connectivity index (χ4n) is 0.929. The Morgan fingerprint density at radius 3 is 2.54 bits per heavy atom. The van der Waals surface area contributed by atoms with Crippen molar-refractivity contribution in [1.82, 2.24) is 0 Å². The summed E-state index contributed by atoms with van der Waals surface area (Å²) in [4.78, 5) is 0. The van der Waals surface area contributed by atoms with Gasteiger partial charge in [0.05, 0.1) is 6.04 Å². The fourth-order valence-corrected chi connectivity index (χ4v) is 0.929. The van der Waals surface area contributed by atoms with E-state index in [1.807, 2.05) is 0 Å². The Hall–Kier alpha value is -0.670. The normalized spacial score (nSPS) is 12.0. The Balaban J connectivity index is 0.00000144. The Morgan fingerprint density at radius 1 is 1.46 bits per heavy atom. The summed E-state index contributed by atoms with van der Waals surface area (Å²) in [7, 11) is 0. The van der Waals surface area contributed by atoms with Crippen LogP contribution in [-0.2, 0) is 0 Å². The van der Waals surface area contributed by atoms with Crippen LogP contribution in [0.1, 0.15) is 17.2 Å². The first-order valence-electron chi connectivity index (χ1n) is 3.72. The minimum absolute atomic E-state index is 0. The van der Waals surface area contributed by atoms with Gasteiger partial charge in [0, 0.05) is 0 Å². The summed E-state index contributed by atoms with van der Waals surface area (Å²) < 4.78 is 25.0. The van der Waals surface area contributed by atoms with Crippen LogP contribution >= 0.6 is 12.4 Å². The molecule has 1 nitrogen and oxygen atoms in total. The molecule has 0 unspecified atom stereocenters. The molecule has 0 radical (unpaired) electrons. The van der Waals surface area contributed by atoms with Crippen LogP contribution < -0.4 is 5.73 Å². The highest BCUT2D eigenvalue weighted by atomic mass is 35.5. The standard InChI is InChI=1S/C9H11F2N.ClH/c1-6-2-3-7(4-8(6)11)9(12)5-10;/h2-4,9H,5,12H2,1H3;1H/t9-;/m1./s1. The van der Waals surface area contributed by atoms with E-state index in [-0.39, 0.29) is 18.2 Å². The van der Waals surface area contributed by atoms with Crippen LogP contribution in [0.4, 0.5) is 8.78 Å². The van der Waals surface area contributed by atoms with Gasteiger partial charge in [-0.15, -0.1) is 12.4 Å². The molecular weight excluding hydrogens is 196 g/mol. The van der Waals surface area contributed by atoms with Gasteiger partial charge in [0.1, 0.15) is 12.5 Å². The van der Waals surface area contributed by atoms with Crippen molar-refractivity contribution < 1.29 is 8.78 Å². The molecule has 0 bridgehead atoms. The predicted octanol–water partition coefficient (Wildman–Crippen LogP) is 2.53. The molecular formula is C9H12ClF2N. The van der Waals surface area contributed by atoms with Crippen molar-refractivity contribution in [1.29, 1.82) is 0 Å². The zero-order chi connectivity index (χ0) is 9.14. The van der Waals surface area contributed by atoms with E-state index in [0.717, 1.165) is 0 Å². The molecule has 0 spiro atoms. The van der Waals surface area contributed by atoms with E-state index in [1.165, 1.54) is 6.07 Å². The SMILES string of the molecule is Cc1ccc([C@H](N)CF)cc1F.Cl. The molecule has 0 heterocycles. The van der Waals surface area contributed by atoms with Crippen LogP contribution in [0.2, 0.25) is 0 Å². The number of halogens is 3. The Morgan fingerprint density at radius 2 is 2.08 bits per heavy atom. The zero-order valence-electron chi connectivity index (χ0n) is 7.26. The number of hydrogen-bond donors (Lipinski definition) is 1. The summed E-state index contributed by atoms with van der Waals surface area (Å²) in [6.07, 6.45) is 0. The number of hydrogen-bond acceptors (Lipinski definition) is 1. The summed E-state index contributed by atoms with van der Waals surface area (Å²) in [5.41, 5.74) is 6.42. The molecule has 74 valence electrons. The molecule has 1 rings (SSSR count). The third-order valence-corrected chi connectivity index (χ3v) is 1.79.